The maximum Gasteiger partial charge on any atom is 0.277 e. The van der Waals surface area contributed by atoms with Gasteiger partial charge in [-0.3, -0.25) is 4.79 Å². The average Bonchev–Trinajstić information content (AvgIpc) is 3.04. The molecule has 0 radical (unpaired) electrons. The highest BCUT2D eigenvalue weighted by Crippen LogP contribution is 2.31. The summed E-state index contributed by atoms with van der Waals surface area (Å²) >= 11 is 0. The first kappa shape index (κ1) is 16.8. The predicted molar refractivity (Wildman–Crippen MR) is 94.4 cm³/mol. The number of hydrogen-bond acceptors (Lipinski definition) is 5. The van der Waals surface area contributed by atoms with Crippen molar-refractivity contribution >= 4 is 12.1 Å². The predicted octanol–water partition coefficient (Wildman–Crippen LogP) is 2.87. The number of benzene rings is 2. The lowest BCUT2D eigenvalue weighted by atomic mass is 10.1. The van der Waals surface area contributed by atoms with Gasteiger partial charge >= 0.3 is 0 Å². The number of nitrogens with one attached hydrogen (secondary N) is 1. The van der Waals surface area contributed by atoms with Gasteiger partial charge in [-0.15, -0.1) is 0 Å². The molecule has 0 aliphatic carbocycles. The Hall–Kier alpha value is -3.02. The van der Waals surface area contributed by atoms with Crippen LogP contribution in [0.2, 0.25) is 0 Å². The Labute approximate surface area is 146 Å². The highest BCUT2D eigenvalue weighted by Gasteiger charge is 2.12. The molecule has 6 heteroatoms. The fourth-order valence-electron chi connectivity index (χ4n) is 2.50. The topological polar surface area (TPSA) is 69.2 Å². The fourth-order valence-corrected chi connectivity index (χ4v) is 2.50. The third-order valence-corrected chi connectivity index (χ3v) is 3.92. The van der Waals surface area contributed by atoms with Gasteiger partial charge < -0.3 is 14.2 Å². The molecule has 25 heavy (non-hydrogen) atoms. The molecule has 130 valence electrons. The number of aryl methyl sites for hydroxylation is 2. The summed E-state index contributed by atoms with van der Waals surface area (Å²) in [6.07, 6.45) is 1.54. The van der Waals surface area contributed by atoms with Crippen LogP contribution in [0.4, 0.5) is 0 Å². The Kier molecular flexibility index (Phi) is 4.88. The zero-order chi connectivity index (χ0) is 17.8. The van der Waals surface area contributed by atoms with Crippen LogP contribution in [0.15, 0.2) is 35.4 Å². The Morgan fingerprint density at radius 1 is 1.20 bits per heavy atom. The largest absolute Gasteiger partial charge is 0.483 e. The maximum absolute atomic E-state index is 11.9. The molecule has 0 aromatic heterocycles. The van der Waals surface area contributed by atoms with E-state index in [0.29, 0.717) is 17.2 Å². The smallest absolute Gasteiger partial charge is 0.277 e. The van der Waals surface area contributed by atoms with Crippen molar-refractivity contribution in [1.82, 2.24) is 5.43 Å². The number of carbonyl (C=O) groups is 1. The first-order valence-corrected chi connectivity index (χ1v) is 7.95. The third kappa shape index (κ3) is 4.09. The lowest BCUT2D eigenvalue weighted by Gasteiger charge is -2.11. The Balaban J connectivity index is 1.53. The van der Waals surface area contributed by atoms with Crippen molar-refractivity contribution in [2.45, 2.75) is 20.8 Å². The van der Waals surface area contributed by atoms with Crippen LogP contribution in [-0.4, -0.2) is 25.5 Å². The van der Waals surface area contributed by atoms with Gasteiger partial charge in [-0.05, 0) is 67.3 Å². The van der Waals surface area contributed by atoms with Crippen molar-refractivity contribution in [2.24, 2.45) is 5.10 Å². The van der Waals surface area contributed by atoms with Gasteiger partial charge in [0, 0.05) is 0 Å². The molecule has 1 aliphatic heterocycles. The van der Waals surface area contributed by atoms with Crippen LogP contribution in [0.3, 0.4) is 0 Å². The van der Waals surface area contributed by atoms with Crippen LogP contribution in [-0.2, 0) is 4.79 Å². The van der Waals surface area contributed by atoms with Gasteiger partial charge in [0.25, 0.3) is 5.91 Å². The summed E-state index contributed by atoms with van der Waals surface area (Å²) in [7, 11) is 0. The van der Waals surface area contributed by atoms with Crippen molar-refractivity contribution in [1.29, 1.82) is 0 Å². The second-order valence-electron chi connectivity index (χ2n) is 5.90. The fraction of sp³-hybridized carbons (Fsp3) is 0.263. The van der Waals surface area contributed by atoms with E-state index in [1.165, 1.54) is 0 Å². The van der Waals surface area contributed by atoms with E-state index in [1.54, 1.807) is 18.3 Å². The average molecular weight is 340 g/mol. The number of fused-ring (bicyclic) bond motifs is 1. The normalized spacial score (nSPS) is 12.4. The Morgan fingerprint density at radius 3 is 2.84 bits per heavy atom. The monoisotopic (exact) mass is 340 g/mol. The summed E-state index contributed by atoms with van der Waals surface area (Å²) in [4.78, 5) is 11.9. The van der Waals surface area contributed by atoms with Gasteiger partial charge in [0.15, 0.2) is 18.1 Å². The van der Waals surface area contributed by atoms with Gasteiger partial charge in [-0.1, -0.05) is 6.07 Å². The molecule has 0 fully saturated rings. The van der Waals surface area contributed by atoms with E-state index < -0.39 is 0 Å². The third-order valence-electron chi connectivity index (χ3n) is 3.92. The number of ether oxygens (including phenoxy) is 3. The van der Waals surface area contributed by atoms with Crippen LogP contribution in [0, 0.1) is 20.8 Å². The minimum absolute atomic E-state index is 0.0950. The number of nitrogens with zero attached hydrogens (tertiary/aromatic N) is 1. The molecule has 3 rings (SSSR count). The Morgan fingerprint density at radius 2 is 2.00 bits per heavy atom. The van der Waals surface area contributed by atoms with E-state index in [2.05, 4.69) is 16.6 Å². The van der Waals surface area contributed by atoms with Gasteiger partial charge in [-0.2, -0.15) is 5.10 Å². The standard InChI is InChI=1S/C19H20N2O4/c1-12-6-13(2)14(3)17(7-12)23-10-19(22)21-20-9-15-4-5-16-18(8-15)25-11-24-16/h4-9H,10-11H2,1-3H3,(H,21,22)/b20-9+. The van der Waals surface area contributed by atoms with Gasteiger partial charge in [0.1, 0.15) is 5.75 Å². The van der Waals surface area contributed by atoms with Crippen molar-refractivity contribution in [3.8, 4) is 17.2 Å². The van der Waals surface area contributed by atoms with E-state index in [1.807, 2.05) is 32.9 Å². The maximum atomic E-state index is 11.9. The Bertz CT molecular complexity index is 830. The minimum atomic E-state index is -0.324. The first-order chi connectivity index (χ1) is 12.0. The molecule has 0 bridgehead atoms. The zero-order valence-electron chi connectivity index (χ0n) is 14.5. The van der Waals surface area contributed by atoms with Gasteiger partial charge in [0.2, 0.25) is 6.79 Å². The molecule has 1 N–H and O–H groups in total. The zero-order valence-corrected chi connectivity index (χ0v) is 14.5. The van der Waals surface area contributed by atoms with E-state index in [4.69, 9.17) is 14.2 Å². The SMILES string of the molecule is Cc1cc(C)c(C)c(OCC(=O)N/N=C/c2ccc3c(c2)OCO3)c1. The molecule has 0 spiro atoms. The molecule has 0 saturated carbocycles. The van der Waals surface area contributed by atoms with Crippen molar-refractivity contribution in [3.63, 3.8) is 0 Å². The van der Waals surface area contributed by atoms with Crippen LogP contribution in [0.1, 0.15) is 22.3 Å². The van der Waals surface area contributed by atoms with Crippen LogP contribution >= 0.6 is 0 Å². The van der Waals surface area contributed by atoms with E-state index >= 15 is 0 Å². The van der Waals surface area contributed by atoms with Crippen LogP contribution < -0.4 is 19.6 Å². The molecule has 0 saturated heterocycles. The van der Waals surface area contributed by atoms with Crippen molar-refractivity contribution in [2.75, 3.05) is 13.4 Å². The lowest BCUT2D eigenvalue weighted by molar-refractivity contribution is -0.123. The minimum Gasteiger partial charge on any atom is -0.483 e. The molecule has 0 unspecified atom stereocenters. The summed E-state index contributed by atoms with van der Waals surface area (Å²) < 4.78 is 16.1. The van der Waals surface area contributed by atoms with Gasteiger partial charge in [-0.25, -0.2) is 5.43 Å². The van der Waals surface area contributed by atoms with Crippen LogP contribution in [0.25, 0.3) is 0 Å². The second kappa shape index (κ2) is 7.25. The first-order valence-electron chi connectivity index (χ1n) is 7.95. The summed E-state index contributed by atoms with van der Waals surface area (Å²) in [6.45, 7) is 6.11. The van der Waals surface area contributed by atoms with E-state index in [9.17, 15) is 4.79 Å². The highest BCUT2D eigenvalue weighted by molar-refractivity contribution is 5.83. The van der Waals surface area contributed by atoms with E-state index in [-0.39, 0.29) is 19.3 Å². The molecule has 1 amide bonds. The summed E-state index contributed by atoms with van der Waals surface area (Å²) in [5.74, 6) is 1.77. The lowest BCUT2D eigenvalue weighted by Crippen LogP contribution is -2.24. The van der Waals surface area contributed by atoms with E-state index in [0.717, 1.165) is 22.3 Å². The quantitative estimate of drug-likeness (QED) is 0.671. The van der Waals surface area contributed by atoms with Crippen molar-refractivity contribution < 1.29 is 19.0 Å². The summed E-state index contributed by atoms with van der Waals surface area (Å²) in [6, 6.07) is 9.44. The molecule has 0 atom stereocenters. The van der Waals surface area contributed by atoms with Crippen molar-refractivity contribution in [3.05, 3.63) is 52.6 Å². The molecule has 6 nitrogen and oxygen atoms in total. The molecule has 1 heterocycles. The summed E-state index contributed by atoms with van der Waals surface area (Å²) in [5.41, 5.74) is 6.51. The molecule has 2 aromatic carbocycles. The molecular formula is C19H20N2O4. The summed E-state index contributed by atoms with van der Waals surface area (Å²) in [5, 5.41) is 3.94. The number of amides is 1. The number of rotatable bonds is 5. The molecule has 2 aromatic rings. The molecular weight excluding hydrogens is 320 g/mol. The number of hydrogen-bond donors (Lipinski definition) is 1. The number of carbonyl (C=O) groups excluding carboxylic acids is 1. The van der Waals surface area contributed by atoms with Gasteiger partial charge in [0.05, 0.1) is 6.21 Å². The second-order valence-corrected chi connectivity index (χ2v) is 5.90. The number of hydrazone groups is 1. The highest BCUT2D eigenvalue weighted by atomic mass is 16.7. The van der Waals surface area contributed by atoms with Crippen LogP contribution in [0.5, 0.6) is 17.2 Å². The molecule has 1 aliphatic rings.